The van der Waals surface area contributed by atoms with Crippen LogP contribution in [-0.4, -0.2) is 29.7 Å². The third kappa shape index (κ3) is 6.34. The Bertz CT molecular complexity index is 937. The Balaban J connectivity index is 1.52. The van der Waals surface area contributed by atoms with Crippen molar-refractivity contribution in [2.75, 3.05) is 13.6 Å². The summed E-state index contributed by atoms with van der Waals surface area (Å²) in [6.07, 6.45) is 1.60. The van der Waals surface area contributed by atoms with Crippen molar-refractivity contribution in [3.63, 3.8) is 0 Å². The van der Waals surface area contributed by atoms with E-state index in [4.69, 9.17) is 9.26 Å². The largest absolute Gasteiger partial charge is 0.457 e. The number of nitrogens with one attached hydrogen (secondary N) is 2. The van der Waals surface area contributed by atoms with Crippen molar-refractivity contribution >= 4 is 5.96 Å². The zero-order chi connectivity index (χ0) is 20.5. The Morgan fingerprint density at radius 3 is 2.66 bits per heavy atom. The molecule has 0 saturated heterocycles. The molecule has 0 fully saturated rings. The molecule has 0 atom stereocenters. The van der Waals surface area contributed by atoms with Gasteiger partial charge in [0.2, 0.25) is 5.89 Å². The van der Waals surface area contributed by atoms with E-state index in [1.807, 2.05) is 43.3 Å². The molecule has 0 aliphatic rings. The predicted molar refractivity (Wildman–Crippen MR) is 113 cm³/mol. The van der Waals surface area contributed by atoms with Crippen molar-refractivity contribution in [2.45, 2.75) is 33.2 Å². The first-order chi connectivity index (χ1) is 14.1. The minimum Gasteiger partial charge on any atom is -0.457 e. The summed E-state index contributed by atoms with van der Waals surface area (Å²) in [5.74, 6) is 3.72. The van der Waals surface area contributed by atoms with Gasteiger partial charge in [0.25, 0.3) is 0 Å². The fourth-order valence-corrected chi connectivity index (χ4v) is 2.81. The van der Waals surface area contributed by atoms with Crippen LogP contribution in [0.15, 0.2) is 58.0 Å². The van der Waals surface area contributed by atoms with Gasteiger partial charge in [0.1, 0.15) is 11.5 Å². The van der Waals surface area contributed by atoms with E-state index in [-0.39, 0.29) is 0 Å². The molecule has 1 heterocycles. The second-order valence-corrected chi connectivity index (χ2v) is 6.72. The quantitative estimate of drug-likeness (QED) is 0.344. The van der Waals surface area contributed by atoms with E-state index in [1.165, 1.54) is 0 Å². The summed E-state index contributed by atoms with van der Waals surface area (Å²) in [5, 5.41) is 10.4. The third-order valence-corrected chi connectivity index (χ3v) is 4.29. The Kier molecular flexibility index (Phi) is 7.22. The lowest BCUT2D eigenvalue weighted by Crippen LogP contribution is -2.37. The molecule has 3 rings (SSSR count). The highest BCUT2D eigenvalue weighted by molar-refractivity contribution is 5.79. The highest BCUT2D eigenvalue weighted by Crippen LogP contribution is 2.26. The number of ether oxygens (including phenoxy) is 1. The number of benzene rings is 2. The molecule has 0 aliphatic heterocycles. The highest BCUT2D eigenvalue weighted by atomic mass is 16.5. The maximum atomic E-state index is 6.08. The second-order valence-electron chi connectivity index (χ2n) is 6.72. The van der Waals surface area contributed by atoms with Crippen LogP contribution in [0, 0.1) is 13.8 Å². The van der Waals surface area contributed by atoms with Gasteiger partial charge in [0.05, 0.1) is 0 Å². The Hall–Kier alpha value is -3.35. The van der Waals surface area contributed by atoms with Crippen molar-refractivity contribution in [2.24, 2.45) is 4.99 Å². The minimum absolute atomic E-state index is 0.602. The van der Waals surface area contributed by atoms with Crippen molar-refractivity contribution < 1.29 is 9.26 Å². The summed E-state index contributed by atoms with van der Waals surface area (Å²) in [5.41, 5.74) is 2.21. The summed E-state index contributed by atoms with van der Waals surface area (Å²) < 4.78 is 11.2. The van der Waals surface area contributed by atoms with Gasteiger partial charge in [-0.05, 0) is 44.0 Å². The van der Waals surface area contributed by atoms with E-state index in [0.29, 0.717) is 18.3 Å². The summed E-state index contributed by atoms with van der Waals surface area (Å²) in [6.45, 7) is 5.23. The van der Waals surface area contributed by atoms with Gasteiger partial charge >= 0.3 is 0 Å². The first kappa shape index (κ1) is 20.4. The van der Waals surface area contributed by atoms with Crippen molar-refractivity contribution in [3.05, 3.63) is 71.4 Å². The fraction of sp³-hybridized carbons (Fsp3) is 0.318. The first-order valence-corrected chi connectivity index (χ1v) is 9.70. The Morgan fingerprint density at radius 1 is 1.10 bits per heavy atom. The van der Waals surface area contributed by atoms with Crippen LogP contribution < -0.4 is 15.4 Å². The van der Waals surface area contributed by atoms with E-state index in [1.54, 1.807) is 7.05 Å². The van der Waals surface area contributed by atoms with Crippen LogP contribution in [0.3, 0.4) is 0 Å². The van der Waals surface area contributed by atoms with Gasteiger partial charge in [-0.15, -0.1) is 0 Å². The predicted octanol–water partition coefficient (Wildman–Crippen LogP) is 3.78. The number of guanidine groups is 1. The van der Waals surface area contributed by atoms with Gasteiger partial charge < -0.3 is 19.9 Å². The van der Waals surface area contributed by atoms with Gasteiger partial charge in [0, 0.05) is 32.1 Å². The van der Waals surface area contributed by atoms with Gasteiger partial charge in [-0.1, -0.05) is 35.5 Å². The number of hydrogen-bond acceptors (Lipinski definition) is 5. The summed E-state index contributed by atoms with van der Waals surface area (Å²) in [7, 11) is 1.76. The average molecular weight is 393 g/mol. The van der Waals surface area contributed by atoms with Crippen LogP contribution in [0.5, 0.6) is 11.5 Å². The Morgan fingerprint density at radius 2 is 1.93 bits per heavy atom. The zero-order valence-corrected chi connectivity index (χ0v) is 17.1. The van der Waals surface area contributed by atoms with Gasteiger partial charge in [-0.25, -0.2) is 0 Å². The number of aryl methyl sites for hydroxylation is 3. The molecular formula is C22H27N5O2. The summed E-state index contributed by atoms with van der Waals surface area (Å²) >= 11 is 0. The number of hydrogen-bond donors (Lipinski definition) is 2. The van der Waals surface area contributed by atoms with E-state index in [0.717, 1.165) is 48.0 Å². The molecular weight excluding hydrogens is 366 g/mol. The van der Waals surface area contributed by atoms with Crippen LogP contribution in [0.2, 0.25) is 0 Å². The number of rotatable bonds is 8. The molecule has 0 saturated carbocycles. The maximum absolute atomic E-state index is 6.08. The van der Waals surface area contributed by atoms with E-state index in [9.17, 15) is 0 Å². The summed E-state index contributed by atoms with van der Waals surface area (Å²) in [4.78, 5) is 8.49. The molecule has 152 valence electrons. The molecule has 3 aromatic rings. The number of nitrogens with zero attached hydrogens (tertiary/aromatic N) is 3. The fourth-order valence-electron chi connectivity index (χ4n) is 2.81. The van der Waals surface area contributed by atoms with Gasteiger partial charge in [0.15, 0.2) is 11.8 Å². The van der Waals surface area contributed by atoms with Crippen LogP contribution in [0.4, 0.5) is 0 Å². The number of para-hydroxylation sites is 1. The summed E-state index contributed by atoms with van der Waals surface area (Å²) in [6, 6.07) is 16.0. The molecule has 0 unspecified atom stereocenters. The van der Waals surface area contributed by atoms with Crippen LogP contribution in [-0.2, 0) is 13.0 Å². The SMILES string of the molecule is CN=C(NCCCc1nc(C)no1)NCc1ccc(C)cc1Oc1ccccc1. The van der Waals surface area contributed by atoms with Crippen molar-refractivity contribution in [1.29, 1.82) is 0 Å². The molecule has 1 aromatic heterocycles. The van der Waals surface area contributed by atoms with Gasteiger partial charge in [-0.3, -0.25) is 4.99 Å². The lowest BCUT2D eigenvalue weighted by Gasteiger charge is -2.15. The standard InChI is InChI=1S/C22H27N5O2/c1-16-11-12-18(20(14-16)28-19-8-5-4-6-9-19)15-25-22(23-3)24-13-7-10-21-26-17(2)27-29-21/h4-6,8-9,11-12,14H,7,10,13,15H2,1-3H3,(H2,23,24,25). The lowest BCUT2D eigenvalue weighted by molar-refractivity contribution is 0.372. The Labute approximate surface area is 171 Å². The monoisotopic (exact) mass is 393 g/mol. The second kappa shape index (κ2) is 10.3. The number of aliphatic imine (C=N–C) groups is 1. The average Bonchev–Trinajstić information content (AvgIpc) is 3.14. The molecule has 29 heavy (non-hydrogen) atoms. The van der Waals surface area contributed by atoms with Gasteiger partial charge in [-0.2, -0.15) is 4.98 Å². The molecule has 0 radical (unpaired) electrons. The lowest BCUT2D eigenvalue weighted by atomic mass is 10.1. The highest BCUT2D eigenvalue weighted by Gasteiger charge is 2.08. The van der Waals surface area contributed by atoms with Crippen LogP contribution >= 0.6 is 0 Å². The molecule has 2 N–H and O–H groups in total. The smallest absolute Gasteiger partial charge is 0.226 e. The zero-order valence-electron chi connectivity index (χ0n) is 17.1. The molecule has 0 aliphatic carbocycles. The minimum atomic E-state index is 0.602. The van der Waals surface area contributed by atoms with E-state index in [2.05, 4.69) is 44.8 Å². The molecule has 2 aromatic carbocycles. The molecule has 0 bridgehead atoms. The maximum Gasteiger partial charge on any atom is 0.226 e. The van der Waals surface area contributed by atoms with Crippen LogP contribution in [0.25, 0.3) is 0 Å². The third-order valence-electron chi connectivity index (χ3n) is 4.29. The first-order valence-electron chi connectivity index (χ1n) is 9.70. The molecule has 0 amide bonds. The number of aromatic nitrogens is 2. The molecule has 7 heteroatoms. The topological polar surface area (TPSA) is 84.6 Å². The van der Waals surface area contributed by atoms with Crippen molar-refractivity contribution in [1.82, 2.24) is 20.8 Å². The van der Waals surface area contributed by atoms with E-state index >= 15 is 0 Å². The van der Waals surface area contributed by atoms with Crippen molar-refractivity contribution in [3.8, 4) is 11.5 Å². The normalized spacial score (nSPS) is 11.3. The van der Waals surface area contributed by atoms with E-state index < -0.39 is 0 Å². The van der Waals surface area contributed by atoms with Crippen LogP contribution in [0.1, 0.15) is 29.3 Å². The molecule has 7 nitrogen and oxygen atoms in total. The molecule has 0 spiro atoms.